The number of hydrogen-bond acceptors (Lipinski definition) is 7. The van der Waals surface area contributed by atoms with E-state index in [2.05, 4.69) is 33.0 Å². The minimum absolute atomic E-state index is 0.187. The van der Waals surface area contributed by atoms with Gasteiger partial charge in [0.15, 0.2) is 5.82 Å². The second-order valence-corrected chi connectivity index (χ2v) is 9.58. The summed E-state index contributed by atoms with van der Waals surface area (Å²) >= 11 is 1.69. The topological polar surface area (TPSA) is 83.5 Å². The quantitative estimate of drug-likeness (QED) is 0.462. The standard InChI is InChI=1S/C24H20FN7S/c1-14(20-11-32-23(28-13-29-32)19-8-16(25)3-5-18(19)20)31-7-6-21-22(12-31)33-24(30-21)15-2-4-17(9-26)27-10-15/h2-5,8,10,13-14,20H,6-7,11-12H2,1H3. The smallest absolute Gasteiger partial charge is 0.158 e. The maximum Gasteiger partial charge on any atom is 0.158 e. The summed E-state index contributed by atoms with van der Waals surface area (Å²) in [6.07, 6.45) is 4.15. The summed E-state index contributed by atoms with van der Waals surface area (Å²) in [7, 11) is 0. The van der Waals surface area contributed by atoms with Crippen molar-refractivity contribution >= 4 is 11.3 Å². The van der Waals surface area contributed by atoms with Gasteiger partial charge in [-0.2, -0.15) is 10.4 Å². The summed E-state index contributed by atoms with van der Waals surface area (Å²) in [6.45, 7) is 4.72. The van der Waals surface area contributed by atoms with Gasteiger partial charge in [-0.3, -0.25) is 4.90 Å². The highest BCUT2D eigenvalue weighted by Crippen LogP contribution is 2.40. The van der Waals surface area contributed by atoms with Crippen molar-refractivity contribution in [2.75, 3.05) is 6.54 Å². The largest absolute Gasteiger partial charge is 0.294 e. The zero-order chi connectivity index (χ0) is 22.5. The van der Waals surface area contributed by atoms with Gasteiger partial charge in [0, 0.05) is 53.7 Å². The lowest BCUT2D eigenvalue weighted by molar-refractivity contribution is 0.157. The van der Waals surface area contributed by atoms with Gasteiger partial charge in [0.25, 0.3) is 0 Å². The van der Waals surface area contributed by atoms with Crippen molar-refractivity contribution in [1.29, 1.82) is 5.26 Å². The summed E-state index contributed by atoms with van der Waals surface area (Å²) in [5.74, 6) is 0.664. The minimum atomic E-state index is -0.256. The fourth-order valence-electron chi connectivity index (χ4n) is 4.88. The Morgan fingerprint density at radius 2 is 2.15 bits per heavy atom. The van der Waals surface area contributed by atoms with Crippen LogP contribution >= 0.6 is 11.3 Å². The molecule has 2 atom stereocenters. The summed E-state index contributed by atoms with van der Waals surface area (Å²) < 4.78 is 15.9. The molecule has 2 unspecified atom stereocenters. The molecule has 0 saturated carbocycles. The molecule has 5 heterocycles. The fraction of sp³-hybridized carbons (Fsp3) is 0.292. The molecule has 2 aliphatic rings. The predicted octanol–water partition coefficient (Wildman–Crippen LogP) is 4.02. The van der Waals surface area contributed by atoms with Crippen LogP contribution in [-0.4, -0.2) is 42.2 Å². The molecule has 6 rings (SSSR count). The molecule has 0 radical (unpaired) electrons. The van der Waals surface area contributed by atoms with Crippen LogP contribution in [-0.2, 0) is 19.5 Å². The Bertz CT molecular complexity index is 1380. The van der Waals surface area contributed by atoms with Gasteiger partial charge in [-0.05, 0) is 36.8 Å². The molecule has 7 nitrogen and oxygen atoms in total. The maximum atomic E-state index is 14.0. The van der Waals surface area contributed by atoms with Crippen LogP contribution in [0.2, 0.25) is 0 Å². The Morgan fingerprint density at radius 3 is 2.97 bits per heavy atom. The first-order valence-corrected chi connectivity index (χ1v) is 11.7. The second-order valence-electron chi connectivity index (χ2n) is 8.50. The average molecular weight is 458 g/mol. The van der Waals surface area contributed by atoms with E-state index in [1.54, 1.807) is 42.1 Å². The highest BCUT2D eigenvalue weighted by Gasteiger charge is 2.35. The Kier molecular flexibility index (Phi) is 4.78. The third kappa shape index (κ3) is 3.43. The zero-order valence-electron chi connectivity index (χ0n) is 17.9. The van der Waals surface area contributed by atoms with E-state index in [0.717, 1.165) is 59.3 Å². The van der Waals surface area contributed by atoms with Crippen LogP contribution in [0.5, 0.6) is 0 Å². The van der Waals surface area contributed by atoms with Gasteiger partial charge in [-0.15, -0.1) is 11.3 Å². The predicted molar refractivity (Wildman–Crippen MR) is 122 cm³/mol. The van der Waals surface area contributed by atoms with E-state index in [9.17, 15) is 4.39 Å². The first-order valence-electron chi connectivity index (χ1n) is 10.9. The number of halogens is 1. The molecule has 33 heavy (non-hydrogen) atoms. The van der Waals surface area contributed by atoms with E-state index in [0.29, 0.717) is 5.69 Å². The van der Waals surface area contributed by atoms with Gasteiger partial charge in [0.1, 0.15) is 28.9 Å². The number of benzene rings is 1. The summed E-state index contributed by atoms with van der Waals surface area (Å²) in [4.78, 5) is 17.2. The minimum Gasteiger partial charge on any atom is -0.294 e. The lowest BCUT2D eigenvalue weighted by Crippen LogP contribution is -2.42. The molecule has 1 aromatic carbocycles. The Balaban J connectivity index is 1.27. The van der Waals surface area contributed by atoms with Crippen molar-refractivity contribution in [3.8, 4) is 28.0 Å². The number of nitriles is 1. The maximum absolute atomic E-state index is 14.0. The van der Waals surface area contributed by atoms with Gasteiger partial charge >= 0.3 is 0 Å². The number of hydrogen-bond donors (Lipinski definition) is 0. The fourth-order valence-corrected chi connectivity index (χ4v) is 6.00. The van der Waals surface area contributed by atoms with Gasteiger partial charge in [-0.25, -0.2) is 24.0 Å². The van der Waals surface area contributed by atoms with Crippen LogP contribution in [0.4, 0.5) is 4.39 Å². The van der Waals surface area contributed by atoms with Crippen LogP contribution in [0.1, 0.15) is 34.7 Å². The molecule has 0 aliphatic carbocycles. The Labute approximate surface area is 194 Å². The molecule has 2 aliphatic heterocycles. The molecule has 0 amide bonds. The molecule has 0 N–H and O–H groups in total. The molecule has 0 spiro atoms. The second kappa shape index (κ2) is 7.83. The van der Waals surface area contributed by atoms with Gasteiger partial charge in [0.05, 0.1) is 12.2 Å². The van der Waals surface area contributed by atoms with Crippen LogP contribution in [0.3, 0.4) is 0 Å². The van der Waals surface area contributed by atoms with E-state index in [1.807, 2.05) is 16.8 Å². The van der Waals surface area contributed by atoms with Crippen molar-refractivity contribution in [2.45, 2.75) is 38.4 Å². The number of pyridine rings is 1. The van der Waals surface area contributed by atoms with Crippen molar-refractivity contribution < 1.29 is 4.39 Å². The van der Waals surface area contributed by atoms with Gasteiger partial charge < -0.3 is 0 Å². The molecular weight excluding hydrogens is 437 g/mol. The van der Waals surface area contributed by atoms with E-state index < -0.39 is 0 Å². The lowest BCUT2D eigenvalue weighted by Gasteiger charge is -2.39. The van der Waals surface area contributed by atoms with Crippen molar-refractivity contribution in [1.82, 2.24) is 29.6 Å². The molecule has 164 valence electrons. The molecule has 9 heteroatoms. The van der Waals surface area contributed by atoms with Gasteiger partial charge in [0.2, 0.25) is 0 Å². The molecule has 0 fully saturated rings. The average Bonchev–Trinajstić information content (AvgIpc) is 3.49. The van der Waals surface area contributed by atoms with E-state index >= 15 is 0 Å². The monoisotopic (exact) mass is 457 g/mol. The lowest BCUT2D eigenvalue weighted by atomic mass is 9.85. The zero-order valence-corrected chi connectivity index (χ0v) is 18.8. The summed E-state index contributed by atoms with van der Waals surface area (Å²) in [6, 6.07) is 10.9. The third-order valence-corrected chi connectivity index (χ3v) is 7.82. The number of rotatable bonds is 3. The first-order chi connectivity index (χ1) is 16.1. The number of thiazole rings is 1. The molecular formula is C24H20FN7S. The molecule has 3 aromatic heterocycles. The Morgan fingerprint density at radius 1 is 1.24 bits per heavy atom. The van der Waals surface area contributed by atoms with Crippen molar-refractivity contribution in [3.05, 3.63) is 70.5 Å². The molecule has 0 saturated heterocycles. The van der Waals surface area contributed by atoms with E-state index in [1.165, 1.54) is 4.88 Å². The third-order valence-electron chi connectivity index (χ3n) is 6.68. The van der Waals surface area contributed by atoms with Crippen LogP contribution in [0.15, 0.2) is 42.9 Å². The number of fused-ring (bicyclic) bond motifs is 4. The Hall–Kier alpha value is -3.48. The highest BCUT2D eigenvalue weighted by atomic mass is 32.1. The summed E-state index contributed by atoms with van der Waals surface area (Å²) in [5, 5.41) is 14.3. The van der Waals surface area contributed by atoms with Crippen LogP contribution < -0.4 is 0 Å². The normalized spacial score (nSPS) is 18.2. The van der Waals surface area contributed by atoms with Crippen LogP contribution in [0.25, 0.3) is 22.0 Å². The SMILES string of the molecule is CC(C1Cn2ncnc2-c2cc(F)ccc21)N1CCc2nc(-c3ccc(C#N)nc3)sc2C1. The van der Waals surface area contributed by atoms with E-state index in [4.69, 9.17) is 10.2 Å². The molecule has 4 aromatic rings. The molecule has 0 bridgehead atoms. The number of aromatic nitrogens is 5. The van der Waals surface area contributed by atoms with Crippen molar-refractivity contribution in [2.24, 2.45) is 0 Å². The summed E-state index contributed by atoms with van der Waals surface area (Å²) in [5.41, 5.74) is 4.45. The first kappa shape index (κ1) is 20.1. The van der Waals surface area contributed by atoms with E-state index in [-0.39, 0.29) is 17.8 Å². The van der Waals surface area contributed by atoms with Crippen molar-refractivity contribution in [3.63, 3.8) is 0 Å². The number of nitrogens with zero attached hydrogens (tertiary/aromatic N) is 7. The van der Waals surface area contributed by atoms with Crippen LogP contribution in [0, 0.1) is 17.1 Å². The highest BCUT2D eigenvalue weighted by molar-refractivity contribution is 7.15. The van der Waals surface area contributed by atoms with Gasteiger partial charge in [-0.1, -0.05) is 6.07 Å².